The number of hydrogen-bond acceptors (Lipinski definition) is 5. The van der Waals surface area contributed by atoms with Crippen LogP contribution in [-0.2, 0) is 9.47 Å². The average molecular weight is 554 g/mol. The maximum Gasteiger partial charge on any atom is 0.160 e. The molecular formula is C24H35F8NO4. The van der Waals surface area contributed by atoms with Crippen molar-refractivity contribution in [2.24, 2.45) is 17.6 Å². The Hall–Kier alpha value is -0.760. The van der Waals surface area contributed by atoms with Gasteiger partial charge < -0.3 is 25.4 Å². The Balaban J connectivity index is 1.45. The van der Waals surface area contributed by atoms with Crippen molar-refractivity contribution in [3.63, 3.8) is 0 Å². The predicted octanol–water partition coefficient (Wildman–Crippen LogP) is 3.27. The molecule has 4 fully saturated rings. The van der Waals surface area contributed by atoms with E-state index in [1.54, 1.807) is 0 Å². The monoisotopic (exact) mass is 553 g/mol. The van der Waals surface area contributed by atoms with E-state index >= 15 is 17.6 Å². The van der Waals surface area contributed by atoms with Crippen LogP contribution in [0.2, 0.25) is 0 Å². The van der Waals surface area contributed by atoms with Crippen molar-refractivity contribution in [3.8, 4) is 0 Å². The second-order valence-electron chi connectivity index (χ2n) is 11.0. The van der Waals surface area contributed by atoms with Crippen molar-refractivity contribution in [1.29, 1.82) is 0 Å². The second kappa shape index (κ2) is 11.8. The highest BCUT2D eigenvalue weighted by Gasteiger charge is 2.64. The van der Waals surface area contributed by atoms with Crippen molar-refractivity contribution in [3.05, 3.63) is 0 Å². The molecular weight excluding hydrogens is 518 g/mol. The molecule has 216 valence electrons. The minimum Gasteiger partial charge on any atom is -0.393 e. The smallest absolute Gasteiger partial charge is 0.160 e. The quantitative estimate of drug-likeness (QED) is 0.456. The number of ether oxygens (including phenoxy) is 2. The van der Waals surface area contributed by atoms with Gasteiger partial charge in [0.1, 0.15) is 36.9 Å². The largest absolute Gasteiger partial charge is 0.393 e. The maximum atomic E-state index is 15.1. The summed E-state index contributed by atoms with van der Waals surface area (Å²) in [7, 11) is 0. The molecule has 0 aliphatic heterocycles. The molecule has 0 saturated heterocycles. The lowest BCUT2D eigenvalue weighted by atomic mass is 9.66. The number of aliphatic hydroxyl groups is 2. The number of hydrogen-bond donors (Lipinski definition) is 3. The molecule has 0 aromatic heterocycles. The van der Waals surface area contributed by atoms with Crippen LogP contribution >= 0.6 is 0 Å². The standard InChI is InChI=1S/C24H35F8NO4/c25-15-13(16(26)20(30)23(19(15)29)36-9-3-1-8(34)2-4-9)14-17(27)21(31)24(22(32)18(14)28)37-10-5-6-11(33)12(35)7-10/h8-24,34-35H,1-7,33H2. The number of halogens is 8. The van der Waals surface area contributed by atoms with E-state index in [2.05, 4.69) is 0 Å². The molecule has 13 heteroatoms. The van der Waals surface area contributed by atoms with Gasteiger partial charge in [0.15, 0.2) is 24.7 Å². The van der Waals surface area contributed by atoms with Crippen LogP contribution in [0, 0.1) is 11.8 Å². The van der Waals surface area contributed by atoms with Gasteiger partial charge in [-0.05, 0) is 38.5 Å². The lowest BCUT2D eigenvalue weighted by Crippen LogP contribution is -2.65. The van der Waals surface area contributed by atoms with Crippen LogP contribution in [0.25, 0.3) is 0 Å². The van der Waals surface area contributed by atoms with Gasteiger partial charge in [0, 0.05) is 24.3 Å². The van der Waals surface area contributed by atoms with Crippen LogP contribution in [0.5, 0.6) is 0 Å². The first-order valence-corrected chi connectivity index (χ1v) is 13.0. The Labute approximate surface area is 210 Å². The summed E-state index contributed by atoms with van der Waals surface area (Å²) in [5.74, 6) is -5.27. The first-order valence-electron chi connectivity index (χ1n) is 13.0. The molecule has 4 saturated carbocycles. The molecule has 5 nitrogen and oxygen atoms in total. The lowest BCUT2D eigenvalue weighted by molar-refractivity contribution is -0.216. The maximum absolute atomic E-state index is 15.1. The van der Waals surface area contributed by atoms with E-state index in [9.17, 15) is 27.8 Å². The zero-order valence-corrected chi connectivity index (χ0v) is 20.1. The summed E-state index contributed by atoms with van der Waals surface area (Å²) in [6, 6.07) is -0.588. The molecule has 0 aromatic rings. The second-order valence-corrected chi connectivity index (χ2v) is 11.0. The summed E-state index contributed by atoms with van der Waals surface area (Å²) in [5, 5.41) is 19.4. The third kappa shape index (κ3) is 5.76. The molecule has 0 bridgehead atoms. The summed E-state index contributed by atoms with van der Waals surface area (Å²) in [6.07, 6.45) is -30.0. The lowest BCUT2D eigenvalue weighted by Gasteiger charge is -2.49. The molecule has 0 radical (unpaired) electrons. The normalized spacial score (nSPS) is 55.7. The van der Waals surface area contributed by atoms with E-state index in [4.69, 9.17) is 15.2 Å². The molecule has 11 atom stereocenters. The van der Waals surface area contributed by atoms with Crippen LogP contribution in [0.4, 0.5) is 35.1 Å². The molecule has 4 aliphatic rings. The highest BCUT2D eigenvalue weighted by molar-refractivity contribution is 5.10. The Morgan fingerprint density at radius 2 is 0.892 bits per heavy atom. The summed E-state index contributed by atoms with van der Waals surface area (Å²) < 4.78 is 131. The fraction of sp³-hybridized carbons (Fsp3) is 1.00. The topological polar surface area (TPSA) is 84.9 Å². The van der Waals surface area contributed by atoms with Crippen LogP contribution in [0.1, 0.15) is 44.9 Å². The van der Waals surface area contributed by atoms with E-state index in [-0.39, 0.29) is 44.9 Å². The minimum absolute atomic E-state index is 0.120. The van der Waals surface area contributed by atoms with Gasteiger partial charge in [-0.1, -0.05) is 0 Å². The van der Waals surface area contributed by atoms with Gasteiger partial charge in [0.05, 0.1) is 24.4 Å². The minimum atomic E-state index is -3.00. The number of alkyl halides is 8. The zero-order valence-electron chi connectivity index (χ0n) is 20.1. The number of aliphatic hydroxyl groups excluding tert-OH is 2. The van der Waals surface area contributed by atoms with Gasteiger partial charge >= 0.3 is 0 Å². The molecule has 0 heterocycles. The highest BCUT2D eigenvalue weighted by Crippen LogP contribution is 2.48. The summed E-state index contributed by atoms with van der Waals surface area (Å²) >= 11 is 0. The Kier molecular flexibility index (Phi) is 9.30. The number of rotatable bonds is 5. The summed E-state index contributed by atoms with van der Waals surface area (Å²) in [6.45, 7) is 0. The van der Waals surface area contributed by atoms with E-state index in [0.29, 0.717) is 0 Å². The fourth-order valence-corrected chi connectivity index (χ4v) is 6.31. The van der Waals surface area contributed by atoms with Gasteiger partial charge in [0.25, 0.3) is 0 Å². The fourth-order valence-electron chi connectivity index (χ4n) is 6.31. The van der Waals surface area contributed by atoms with Crippen LogP contribution in [0.3, 0.4) is 0 Å². The van der Waals surface area contributed by atoms with Crippen molar-refractivity contribution < 1.29 is 54.8 Å². The van der Waals surface area contributed by atoms with Gasteiger partial charge in [-0.2, -0.15) is 0 Å². The highest BCUT2D eigenvalue weighted by atomic mass is 19.2. The van der Waals surface area contributed by atoms with Crippen molar-refractivity contribution in [2.45, 2.75) is 137 Å². The van der Waals surface area contributed by atoms with Gasteiger partial charge in [0.2, 0.25) is 0 Å². The molecule has 4 aliphatic carbocycles. The van der Waals surface area contributed by atoms with Gasteiger partial charge in [-0.15, -0.1) is 0 Å². The predicted molar refractivity (Wildman–Crippen MR) is 116 cm³/mol. The van der Waals surface area contributed by atoms with E-state index in [0.717, 1.165) is 0 Å². The van der Waals surface area contributed by atoms with E-state index in [1.807, 2.05) is 0 Å². The third-order valence-corrected chi connectivity index (χ3v) is 8.55. The van der Waals surface area contributed by atoms with Gasteiger partial charge in [-0.25, -0.2) is 35.1 Å². The summed E-state index contributed by atoms with van der Waals surface area (Å²) in [5.41, 5.74) is 5.66. The van der Waals surface area contributed by atoms with E-state index < -0.39 is 104 Å². The zero-order chi connectivity index (χ0) is 27.2. The first-order chi connectivity index (χ1) is 17.4. The molecule has 0 aromatic carbocycles. The molecule has 37 heavy (non-hydrogen) atoms. The van der Waals surface area contributed by atoms with Crippen LogP contribution in [0.15, 0.2) is 0 Å². The molecule has 0 spiro atoms. The Bertz CT molecular complexity index is 720. The first kappa shape index (κ1) is 29.2. The number of nitrogens with two attached hydrogens (primary N) is 1. The van der Waals surface area contributed by atoms with Crippen molar-refractivity contribution in [1.82, 2.24) is 0 Å². The van der Waals surface area contributed by atoms with Crippen molar-refractivity contribution >= 4 is 0 Å². The van der Waals surface area contributed by atoms with Crippen LogP contribution in [-0.4, -0.2) is 102 Å². The molecule has 11 unspecified atom stereocenters. The van der Waals surface area contributed by atoms with Crippen molar-refractivity contribution in [2.75, 3.05) is 0 Å². The molecule has 4 N–H and O–H groups in total. The average Bonchev–Trinajstić information content (AvgIpc) is 2.87. The van der Waals surface area contributed by atoms with Crippen LogP contribution < -0.4 is 5.73 Å². The SMILES string of the molecule is NC1CCC(OC2C(F)C(F)C(C3C(F)C(F)C(OC4CCC(O)CC4)C(F)C3F)C(F)C2F)CC1O. The summed E-state index contributed by atoms with van der Waals surface area (Å²) in [4.78, 5) is 0. The van der Waals surface area contributed by atoms with Gasteiger partial charge in [-0.3, -0.25) is 0 Å². The molecule has 0 amide bonds. The third-order valence-electron chi connectivity index (χ3n) is 8.55. The Morgan fingerprint density at radius 3 is 1.30 bits per heavy atom. The Morgan fingerprint density at radius 1 is 0.514 bits per heavy atom. The van der Waals surface area contributed by atoms with E-state index in [1.165, 1.54) is 0 Å². The molecule has 4 rings (SSSR count).